The predicted molar refractivity (Wildman–Crippen MR) is 237 cm³/mol. The Kier molecular flexibility index (Phi) is 46.3. The average molecular weight is 782 g/mol. The van der Waals surface area contributed by atoms with Crippen LogP contribution >= 0.6 is 19.2 Å². The van der Waals surface area contributed by atoms with E-state index >= 15 is 0 Å². The third kappa shape index (κ3) is 65.3. The minimum atomic E-state index is -3.88. The molecule has 0 rings (SSSR count). The molecule has 0 heterocycles. The molecule has 318 valence electrons. The Labute approximate surface area is 333 Å². The number of hydrogen-bond acceptors (Lipinski definition) is 3. The second-order valence-corrected chi connectivity index (χ2v) is 19.9. The summed E-state index contributed by atoms with van der Waals surface area (Å²) < 4.78 is 9.56. The van der Waals surface area contributed by atoms with Gasteiger partial charge in [-0.25, -0.2) is 0 Å². The van der Waals surface area contributed by atoms with Crippen molar-refractivity contribution >= 4 is 19.2 Å². The van der Waals surface area contributed by atoms with Crippen LogP contribution in [0.15, 0.2) is 0 Å². The molecule has 52 heavy (non-hydrogen) atoms. The van der Waals surface area contributed by atoms with E-state index in [4.69, 9.17) is 32.9 Å². The second kappa shape index (κ2) is 42.5. The van der Waals surface area contributed by atoms with Gasteiger partial charge in [-0.1, -0.05) is 232 Å². The summed E-state index contributed by atoms with van der Waals surface area (Å²) in [6.45, 7) is 13.1. The highest BCUT2D eigenvalue weighted by Gasteiger charge is 2.10. The summed E-state index contributed by atoms with van der Waals surface area (Å²) in [5.74, 6) is 0. The summed E-state index contributed by atoms with van der Waals surface area (Å²) in [7, 11) is -3.88. The average Bonchev–Trinajstić information content (AvgIpc) is 3.07. The summed E-state index contributed by atoms with van der Waals surface area (Å²) in [5, 5.41) is 0. The first-order chi connectivity index (χ1) is 24.7. The molecular weight excluding hydrogens is 683 g/mol. The Morgan fingerprint density at radius 1 is 0.385 bits per heavy atom. The largest absolute Gasteiger partial charge is 0.340 e. The Morgan fingerprint density at radius 3 is 0.635 bits per heavy atom. The lowest BCUT2D eigenvalue weighted by Crippen LogP contribution is -2.31. The first-order valence-electron chi connectivity index (χ1n) is 22.9. The van der Waals surface area contributed by atoms with Crippen molar-refractivity contribution in [3.05, 3.63) is 0 Å². The predicted octanol–water partition coefficient (Wildman–Crippen LogP) is 15.9. The Hall–Kier alpha value is 0.360. The van der Waals surface area contributed by atoms with E-state index in [1.54, 1.807) is 0 Å². The molecule has 0 spiro atoms. The summed E-state index contributed by atoms with van der Waals surface area (Å²) in [6.07, 6.45) is 51.3. The molecule has 0 aromatic heterocycles. The van der Waals surface area contributed by atoms with Crippen LogP contribution in [0, 0.1) is 0 Å². The quantitative estimate of drug-likeness (QED) is 0.0285. The molecule has 0 radical (unpaired) electrons. The molecule has 0 aliphatic carbocycles. The van der Waals surface area contributed by atoms with Gasteiger partial charge in [0.15, 0.2) is 0 Å². The molecule has 0 bridgehead atoms. The van der Waals surface area contributed by atoms with Crippen LogP contribution < -0.4 is 11.5 Å². The molecule has 0 atom stereocenters. The highest BCUT2D eigenvalue weighted by molar-refractivity contribution is 7.53. The standard InChI is InChI=1S/2C22H47N.CH4ClO3P/c2*1-4-5-6-7-8-9-10-11-12-13-14-15-16-17-18-19-20-21-22(2,3)23;2-1-6(3,4)5/h2*4-21,23H2,1-3H3;1H2,(H2,3,4,5). The highest BCUT2D eigenvalue weighted by atomic mass is 35.5. The number of hydrogen-bond donors (Lipinski definition) is 4. The molecule has 0 fully saturated rings. The van der Waals surface area contributed by atoms with Gasteiger partial charge in [0.05, 0.1) is 0 Å². The second-order valence-electron chi connectivity index (χ2n) is 17.6. The maximum atomic E-state index is 9.56. The van der Waals surface area contributed by atoms with E-state index in [0.29, 0.717) is 0 Å². The third-order valence-corrected chi connectivity index (χ3v) is 11.3. The fraction of sp³-hybridized carbons (Fsp3) is 1.00. The van der Waals surface area contributed by atoms with E-state index < -0.39 is 13.2 Å². The van der Waals surface area contributed by atoms with E-state index in [1.807, 2.05) is 0 Å². The molecule has 0 aromatic carbocycles. The van der Waals surface area contributed by atoms with E-state index in [0.717, 1.165) is 0 Å². The molecule has 6 N–H and O–H groups in total. The molecule has 7 heteroatoms. The van der Waals surface area contributed by atoms with Gasteiger partial charge in [-0.2, -0.15) is 0 Å². The number of halogens is 1. The van der Waals surface area contributed by atoms with E-state index in [-0.39, 0.29) is 11.1 Å². The van der Waals surface area contributed by atoms with Gasteiger partial charge in [-0.05, 0) is 40.5 Å². The van der Waals surface area contributed by atoms with Gasteiger partial charge in [0.25, 0.3) is 0 Å². The van der Waals surface area contributed by atoms with E-state index in [2.05, 4.69) is 41.5 Å². The van der Waals surface area contributed by atoms with Crippen molar-refractivity contribution < 1.29 is 14.4 Å². The Morgan fingerprint density at radius 2 is 0.519 bits per heavy atom. The lowest BCUT2D eigenvalue weighted by molar-refractivity contribution is 0.379. The molecule has 0 aliphatic rings. The van der Waals surface area contributed by atoms with Crippen molar-refractivity contribution in [2.24, 2.45) is 11.5 Å². The minimum absolute atomic E-state index is 0.0372. The molecular formula is C45H98ClN2O3P. The monoisotopic (exact) mass is 781 g/mol. The zero-order valence-electron chi connectivity index (χ0n) is 36.4. The van der Waals surface area contributed by atoms with Gasteiger partial charge in [-0.15, -0.1) is 11.6 Å². The SMILES string of the molecule is CCCCCCCCCCCCCCCCCCCC(C)(C)N.CCCCCCCCCCCCCCCCCCCC(C)(C)N.O=P(O)(O)CCl. The van der Waals surface area contributed by atoms with Crippen LogP contribution in [0.1, 0.15) is 273 Å². The van der Waals surface area contributed by atoms with Gasteiger partial charge in [0.1, 0.15) is 5.62 Å². The Bertz CT molecular complexity index is 658. The zero-order valence-corrected chi connectivity index (χ0v) is 38.1. The van der Waals surface area contributed by atoms with Crippen LogP contribution in [0.3, 0.4) is 0 Å². The lowest BCUT2D eigenvalue weighted by atomic mass is 9.97. The molecule has 0 aromatic rings. The summed E-state index contributed by atoms with van der Waals surface area (Å²) in [4.78, 5) is 15.6. The van der Waals surface area contributed by atoms with Crippen molar-refractivity contribution in [1.29, 1.82) is 0 Å². The highest BCUT2D eigenvalue weighted by Crippen LogP contribution is 2.34. The molecule has 0 unspecified atom stereocenters. The van der Waals surface area contributed by atoms with Crippen molar-refractivity contribution in [1.82, 2.24) is 0 Å². The molecule has 5 nitrogen and oxygen atoms in total. The zero-order chi connectivity index (χ0) is 39.7. The van der Waals surface area contributed by atoms with E-state index in [1.165, 1.54) is 231 Å². The fourth-order valence-corrected chi connectivity index (χ4v) is 6.61. The van der Waals surface area contributed by atoms with Crippen LogP contribution in [0.4, 0.5) is 0 Å². The van der Waals surface area contributed by atoms with Crippen LogP contribution in [0.2, 0.25) is 0 Å². The fourth-order valence-electron chi connectivity index (χ4n) is 6.61. The normalized spacial score (nSPS) is 12.0. The van der Waals surface area contributed by atoms with Gasteiger partial charge in [0, 0.05) is 11.1 Å². The lowest BCUT2D eigenvalue weighted by Gasteiger charge is -2.17. The van der Waals surface area contributed by atoms with Crippen LogP contribution in [-0.2, 0) is 4.57 Å². The first-order valence-corrected chi connectivity index (χ1v) is 25.2. The number of unbranched alkanes of at least 4 members (excludes halogenated alkanes) is 32. The van der Waals surface area contributed by atoms with Crippen molar-refractivity contribution in [3.63, 3.8) is 0 Å². The minimum Gasteiger partial charge on any atom is -0.326 e. The summed E-state index contributed by atoms with van der Waals surface area (Å²) in [5.41, 5.74) is 11.5. The maximum Gasteiger partial charge on any atom is 0.340 e. The topological polar surface area (TPSA) is 110 Å². The van der Waals surface area contributed by atoms with Crippen molar-refractivity contribution in [2.45, 2.75) is 284 Å². The third-order valence-electron chi connectivity index (χ3n) is 10.0. The maximum absolute atomic E-state index is 9.56. The molecule has 0 aliphatic heterocycles. The van der Waals surface area contributed by atoms with Gasteiger partial charge in [0.2, 0.25) is 0 Å². The number of nitrogens with two attached hydrogens (primary N) is 2. The van der Waals surface area contributed by atoms with E-state index in [9.17, 15) is 4.57 Å². The molecule has 0 saturated carbocycles. The number of alkyl halides is 1. The van der Waals surface area contributed by atoms with Crippen molar-refractivity contribution in [2.75, 3.05) is 5.62 Å². The van der Waals surface area contributed by atoms with Gasteiger partial charge < -0.3 is 21.3 Å². The molecule has 0 amide bonds. The summed E-state index contributed by atoms with van der Waals surface area (Å²) in [6, 6.07) is 0. The first kappa shape index (κ1) is 56.7. The van der Waals surface area contributed by atoms with Crippen LogP contribution in [0.25, 0.3) is 0 Å². The Balaban J connectivity index is -0.000000797. The smallest absolute Gasteiger partial charge is 0.326 e. The number of rotatable bonds is 37. The van der Waals surface area contributed by atoms with Gasteiger partial charge in [-0.3, -0.25) is 4.57 Å². The van der Waals surface area contributed by atoms with Gasteiger partial charge >= 0.3 is 7.60 Å². The molecule has 0 saturated heterocycles. The van der Waals surface area contributed by atoms with Crippen LogP contribution in [0.5, 0.6) is 0 Å². The summed E-state index contributed by atoms with van der Waals surface area (Å²) >= 11 is 4.71. The van der Waals surface area contributed by atoms with Crippen molar-refractivity contribution in [3.8, 4) is 0 Å². The van der Waals surface area contributed by atoms with Crippen LogP contribution in [-0.4, -0.2) is 26.5 Å².